The molecule has 5 nitrogen and oxygen atoms in total. The molecule has 182 valence electrons. The van der Waals surface area contributed by atoms with Crippen molar-refractivity contribution in [2.24, 2.45) is 0 Å². The Morgan fingerprint density at radius 1 is 0.806 bits per heavy atom. The Morgan fingerprint density at radius 2 is 1.56 bits per heavy atom. The molecule has 0 saturated carbocycles. The molecule has 0 saturated heterocycles. The third kappa shape index (κ3) is 5.55. The van der Waals surface area contributed by atoms with E-state index in [1.165, 1.54) is 11.1 Å². The maximum absolute atomic E-state index is 5.97. The molecule has 0 radical (unpaired) electrons. The summed E-state index contributed by atoms with van der Waals surface area (Å²) in [5.74, 6) is 2.94. The highest BCUT2D eigenvalue weighted by atomic mass is 32.2. The molecule has 3 aromatic carbocycles. The van der Waals surface area contributed by atoms with Crippen molar-refractivity contribution >= 4 is 11.8 Å². The van der Waals surface area contributed by atoms with Crippen LogP contribution in [0.4, 0.5) is 0 Å². The lowest BCUT2D eigenvalue weighted by molar-refractivity contribution is 0.306. The van der Waals surface area contributed by atoms with E-state index in [1.54, 1.807) is 18.0 Å². The zero-order valence-electron chi connectivity index (χ0n) is 20.7. The van der Waals surface area contributed by atoms with Crippen LogP contribution in [0.1, 0.15) is 37.5 Å². The molecule has 2 heterocycles. The zero-order chi connectivity index (χ0) is 25.0. The predicted molar refractivity (Wildman–Crippen MR) is 145 cm³/mol. The zero-order valence-corrected chi connectivity index (χ0v) is 21.5. The van der Waals surface area contributed by atoms with Crippen molar-refractivity contribution in [3.05, 3.63) is 114 Å². The van der Waals surface area contributed by atoms with Crippen LogP contribution in [-0.4, -0.2) is 14.8 Å². The Balaban J connectivity index is 1.37. The average molecular weight is 496 g/mol. The van der Waals surface area contributed by atoms with Crippen LogP contribution in [0.3, 0.4) is 0 Å². The van der Waals surface area contributed by atoms with Crippen LogP contribution >= 0.6 is 11.8 Å². The van der Waals surface area contributed by atoms with Gasteiger partial charge in [0, 0.05) is 5.75 Å². The van der Waals surface area contributed by atoms with Crippen molar-refractivity contribution in [1.29, 1.82) is 0 Å². The van der Waals surface area contributed by atoms with Gasteiger partial charge in [0.2, 0.25) is 5.82 Å². The maximum Gasteiger partial charge on any atom is 0.205 e. The summed E-state index contributed by atoms with van der Waals surface area (Å²) in [7, 11) is 0. The van der Waals surface area contributed by atoms with Crippen molar-refractivity contribution in [3.8, 4) is 23.0 Å². The molecule has 0 aliphatic rings. The van der Waals surface area contributed by atoms with E-state index in [0.717, 1.165) is 27.9 Å². The molecule has 0 bridgehead atoms. The fourth-order valence-corrected chi connectivity index (χ4v) is 4.75. The lowest BCUT2D eigenvalue weighted by Gasteiger charge is -2.19. The summed E-state index contributed by atoms with van der Waals surface area (Å²) in [5, 5.41) is 9.77. The van der Waals surface area contributed by atoms with Gasteiger partial charge < -0.3 is 9.15 Å². The van der Waals surface area contributed by atoms with Gasteiger partial charge in [-0.25, -0.2) is 0 Å². The number of nitrogens with zero attached hydrogens (tertiary/aromatic N) is 3. The minimum Gasteiger partial charge on any atom is -0.489 e. The highest BCUT2D eigenvalue weighted by Gasteiger charge is 2.19. The van der Waals surface area contributed by atoms with E-state index in [4.69, 9.17) is 9.15 Å². The fourth-order valence-electron chi connectivity index (χ4n) is 3.84. The van der Waals surface area contributed by atoms with Crippen LogP contribution in [0.5, 0.6) is 5.75 Å². The Labute approximate surface area is 216 Å². The first kappa shape index (κ1) is 23.9. The summed E-state index contributed by atoms with van der Waals surface area (Å²) in [5.41, 5.74) is 4.79. The van der Waals surface area contributed by atoms with Crippen molar-refractivity contribution in [3.63, 3.8) is 0 Å². The quantitative estimate of drug-likeness (QED) is 0.207. The summed E-state index contributed by atoms with van der Waals surface area (Å²) >= 11 is 1.65. The first-order valence-corrected chi connectivity index (χ1v) is 12.9. The predicted octanol–water partition coefficient (Wildman–Crippen LogP) is 7.70. The lowest BCUT2D eigenvalue weighted by atomic mass is 9.87. The molecule has 0 N–H and O–H groups in total. The van der Waals surface area contributed by atoms with Gasteiger partial charge in [-0.15, -0.1) is 10.2 Å². The molecular weight excluding hydrogens is 466 g/mol. The van der Waals surface area contributed by atoms with E-state index in [1.807, 2.05) is 59.2 Å². The molecule has 2 aromatic heterocycles. The van der Waals surface area contributed by atoms with Gasteiger partial charge in [0.15, 0.2) is 10.9 Å². The summed E-state index contributed by atoms with van der Waals surface area (Å²) in [4.78, 5) is 0. The molecule has 5 aromatic rings. The third-order valence-corrected chi connectivity index (χ3v) is 6.91. The summed E-state index contributed by atoms with van der Waals surface area (Å²) in [6, 6.07) is 30.7. The Hall–Kier alpha value is -3.77. The number of rotatable bonds is 8. The van der Waals surface area contributed by atoms with Crippen LogP contribution in [0.25, 0.3) is 17.3 Å². The summed E-state index contributed by atoms with van der Waals surface area (Å²) in [6.45, 7) is 7.22. The van der Waals surface area contributed by atoms with Gasteiger partial charge >= 0.3 is 0 Å². The topological polar surface area (TPSA) is 53.1 Å². The van der Waals surface area contributed by atoms with E-state index in [0.29, 0.717) is 18.2 Å². The fraction of sp³-hybridized carbons (Fsp3) is 0.200. The molecule has 0 amide bonds. The Morgan fingerprint density at radius 3 is 2.22 bits per heavy atom. The molecular formula is C30H29N3O2S. The normalized spacial score (nSPS) is 11.5. The van der Waals surface area contributed by atoms with Crippen LogP contribution < -0.4 is 4.74 Å². The number of benzene rings is 3. The standard InChI is InChI=1S/C30H29N3O2S/c1-30(2,3)24-13-11-23(12-14-24)21-36-29-32-31-28(27-10-7-19-34-27)33(29)25-15-17-26(18-16-25)35-20-22-8-5-4-6-9-22/h4-19H,20-21H2,1-3H3. The van der Waals surface area contributed by atoms with Crippen LogP contribution in [0, 0.1) is 0 Å². The van der Waals surface area contributed by atoms with E-state index in [9.17, 15) is 0 Å². The third-order valence-electron chi connectivity index (χ3n) is 5.91. The van der Waals surface area contributed by atoms with Gasteiger partial charge in [0.05, 0.1) is 12.0 Å². The first-order chi connectivity index (χ1) is 17.5. The SMILES string of the molecule is CC(C)(C)c1ccc(CSc2nnc(-c3ccco3)n2-c2ccc(OCc3ccccc3)cc2)cc1. The number of aromatic nitrogens is 3. The van der Waals surface area contributed by atoms with Gasteiger partial charge in [0.25, 0.3) is 0 Å². The number of thioether (sulfide) groups is 1. The van der Waals surface area contributed by atoms with Gasteiger partial charge in [-0.2, -0.15) is 0 Å². The monoisotopic (exact) mass is 495 g/mol. The highest BCUT2D eigenvalue weighted by Crippen LogP contribution is 2.31. The van der Waals surface area contributed by atoms with Crippen molar-refractivity contribution in [1.82, 2.24) is 14.8 Å². The van der Waals surface area contributed by atoms with Crippen molar-refractivity contribution in [2.75, 3.05) is 0 Å². The molecule has 0 aliphatic heterocycles. The van der Waals surface area contributed by atoms with E-state index in [2.05, 4.69) is 67.4 Å². The number of ether oxygens (including phenoxy) is 1. The summed E-state index contributed by atoms with van der Waals surface area (Å²) in [6.07, 6.45) is 1.65. The van der Waals surface area contributed by atoms with Crippen LogP contribution in [0.15, 0.2) is 107 Å². The van der Waals surface area contributed by atoms with Crippen LogP contribution in [-0.2, 0) is 17.8 Å². The molecule has 0 unspecified atom stereocenters. The average Bonchev–Trinajstić information content (AvgIpc) is 3.57. The van der Waals surface area contributed by atoms with Gasteiger partial charge in [-0.1, -0.05) is 87.1 Å². The second-order valence-corrected chi connectivity index (χ2v) is 10.6. The summed E-state index contributed by atoms with van der Waals surface area (Å²) < 4.78 is 13.7. The van der Waals surface area contributed by atoms with Crippen molar-refractivity contribution < 1.29 is 9.15 Å². The number of furan rings is 1. The molecule has 5 rings (SSSR count). The largest absolute Gasteiger partial charge is 0.489 e. The highest BCUT2D eigenvalue weighted by molar-refractivity contribution is 7.98. The second-order valence-electron chi connectivity index (χ2n) is 9.62. The molecule has 6 heteroatoms. The van der Waals surface area contributed by atoms with Crippen molar-refractivity contribution in [2.45, 2.75) is 43.7 Å². The number of hydrogen-bond donors (Lipinski definition) is 0. The molecule has 0 atom stereocenters. The molecule has 0 aliphatic carbocycles. The minimum absolute atomic E-state index is 0.140. The molecule has 0 spiro atoms. The smallest absolute Gasteiger partial charge is 0.205 e. The molecule has 36 heavy (non-hydrogen) atoms. The maximum atomic E-state index is 5.97. The number of hydrogen-bond acceptors (Lipinski definition) is 5. The van der Waals surface area contributed by atoms with Gasteiger partial charge in [0.1, 0.15) is 12.4 Å². The second kappa shape index (κ2) is 10.5. The first-order valence-electron chi connectivity index (χ1n) is 12.0. The van der Waals surface area contributed by atoms with Crippen LogP contribution in [0.2, 0.25) is 0 Å². The minimum atomic E-state index is 0.140. The van der Waals surface area contributed by atoms with E-state index in [-0.39, 0.29) is 5.41 Å². The lowest BCUT2D eigenvalue weighted by Crippen LogP contribution is -2.10. The molecule has 0 fully saturated rings. The van der Waals surface area contributed by atoms with E-state index < -0.39 is 0 Å². The van der Waals surface area contributed by atoms with E-state index >= 15 is 0 Å². The van der Waals surface area contributed by atoms with Gasteiger partial charge in [-0.3, -0.25) is 4.57 Å². The Kier molecular flexibility index (Phi) is 6.96. The van der Waals surface area contributed by atoms with Gasteiger partial charge in [-0.05, 0) is 58.5 Å². The Bertz CT molecular complexity index is 1390.